The number of methoxy groups -OCH3 is 1. The molecule has 0 radical (unpaired) electrons. The molecular formula is C25H25N3O6S2. The standard InChI is InChI=1S/C25H25N3O6S2/c1-6-10-34-16-9-7-8-15(11-16)18-17(19(29)21-12(2)26-14(4)35-21)20(30)23(31)28(18)25-27-13(3)22(36-25)24(32)33-5/h7-9,11,18,30H,6,10H2,1-5H3. The maximum atomic E-state index is 13.7. The molecule has 36 heavy (non-hydrogen) atoms. The number of Topliss-reactive ketones (excluding diaryl/α,β-unsaturated/α-hetero) is 1. The summed E-state index contributed by atoms with van der Waals surface area (Å²) in [5.74, 6) is -1.96. The van der Waals surface area contributed by atoms with Gasteiger partial charge in [0.2, 0.25) is 5.78 Å². The average molecular weight is 528 g/mol. The minimum absolute atomic E-state index is 0.0770. The summed E-state index contributed by atoms with van der Waals surface area (Å²) >= 11 is 2.16. The highest BCUT2D eigenvalue weighted by Gasteiger charge is 2.47. The number of nitrogens with zero attached hydrogens (tertiary/aromatic N) is 3. The summed E-state index contributed by atoms with van der Waals surface area (Å²) < 4.78 is 10.6. The van der Waals surface area contributed by atoms with Crippen molar-refractivity contribution in [3.8, 4) is 5.75 Å². The third-order valence-electron chi connectivity index (χ3n) is 5.57. The number of aryl methyl sites for hydroxylation is 3. The van der Waals surface area contributed by atoms with Crippen LogP contribution in [0.5, 0.6) is 5.75 Å². The Morgan fingerprint density at radius 2 is 1.83 bits per heavy atom. The van der Waals surface area contributed by atoms with E-state index in [4.69, 9.17) is 9.47 Å². The molecule has 0 aliphatic carbocycles. The highest BCUT2D eigenvalue weighted by molar-refractivity contribution is 7.17. The molecule has 1 atom stereocenters. The summed E-state index contributed by atoms with van der Waals surface area (Å²) in [5.41, 5.74) is 1.37. The van der Waals surface area contributed by atoms with Crippen molar-refractivity contribution in [1.29, 1.82) is 0 Å². The van der Waals surface area contributed by atoms with Gasteiger partial charge in [-0.05, 0) is 44.9 Å². The van der Waals surface area contributed by atoms with Crippen LogP contribution in [0.25, 0.3) is 0 Å². The number of carbonyl (C=O) groups excluding carboxylic acids is 3. The van der Waals surface area contributed by atoms with Gasteiger partial charge in [-0.1, -0.05) is 30.4 Å². The Morgan fingerprint density at radius 3 is 2.47 bits per heavy atom. The molecular weight excluding hydrogens is 502 g/mol. The Labute approximate surface area is 216 Å². The number of hydrogen-bond acceptors (Lipinski definition) is 10. The van der Waals surface area contributed by atoms with Gasteiger partial charge in [-0.25, -0.2) is 14.8 Å². The summed E-state index contributed by atoms with van der Waals surface area (Å²) in [6, 6.07) is 6.04. The van der Waals surface area contributed by atoms with Crippen LogP contribution in [0, 0.1) is 20.8 Å². The zero-order valence-electron chi connectivity index (χ0n) is 20.4. The minimum atomic E-state index is -0.993. The molecule has 9 nitrogen and oxygen atoms in total. The molecule has 2 aromatic heterocycles. The van der Waals surface area contributed by atoms with Crippen molar-refractivity contribution in [2.24, 2.45) is 0 Å². The molecule has 1 aliphatic heterocycles. The minimum Gasteiger partial charge on any atom is -0.503 e. The van der Waals surface area contributed by atoms with Crippen molar-refractivity contribution in [3.05, 3.63) is 67.3 Å². The number of hydrogen-bond donors (Lipinski definition) is 1. The normalized spacial score (nSPS) is 15.5. The summed E-state index contributed by atoms with van der Waals surface area (Å²) in [6.07, 6.45) is 0.807. The van der Waals surface area contributed by atoms with E-state index in [0.29, 0.717) is 39.2 Å². The second-order valence-electron chi connectivity index (χ2n) is 8.14. The van der Waals surface area contributed by atoms with E-state index in [1.54, 1.807) is 45.0 Å². The molecule has 11 heteroatoms. The topological polar surface area (TPSA) is 119 Å². The van der Waals surface area contributed by atoms with Crippen molar-refractivity contribution in [2.75, 3.05) is 18.6 Å². The first kappa shape index (κ1) is 25.5. The van der Waals surface area contributed by atoms with Crippen LogP contribution in [-0.2, 0) is 9.53 Å². The molecule has 0 saturated heterocycles. The Balaban J connectivity index is 1.88. The quantitative estimate of drug-likeness (QED) is 0.325. The maximum absolute atomic E-state index is 13.7. The van der Waals surface area contributed by atoms with Gasteiger partial charge in [0.15, 0.2) is 10.9 Å². The Morgan fingerprint density at radius 1 is 1.11 bits per heavy atom. The first-order valence-electron chi connectivity index (χ1n) is 11.2. The number of ketones is 1. The van der Waals surface area contributed by atoms with Crippen LogP contribution in [0.15, 0.2) is 35.6 Å². The smallest absolute Gasteiger partial charge is 0.350 e. The molecule has 1 aliphatic rings. The van der Waals surface area contributed by atoms with E-state index in [-0.39, 0.29) is 15.6 Å². The fraction of sp³-hybridized carbons (Fsp3) is 0.320. The summed E-state index contributed by atoms with van der Waals surface area (Å²) in [5, 5.41) is 11.9. The molecule has 3 aromatic rings. The molecule has 3 heterocycles. The fourth-order valence-electron chi connectivity index (χ4n) is 3.98. The van der Waals surface area contributed by atoms with Crippen molar-refractivity contribution < 1.29 is 29.0 Å². The first-order chi connectivity index (χ1) is 17.2. The number of esters is 1. The van der Waals surface area contributed by atoms with Crippen LogP contribution in [0.1, 0.15) is 60.7 Å². The molecule has 1 aromatic carbocycles. The zero-order chi connectivity index (χ0) is 26.1. The predicted molar refractivity (Wildman–Crippen MR) is 136 cm³/mol. The highest BCUT2D eigenvalue weighted by Crippen LogP contribution is 2.45. The number of aliphatic hydroxyl groups is 1. The van der Waals surface area contributed by atoms with Gasteiger partial charge >= 0.3 is 5.97 Å². The van der Waals surface area contributed by atoms with Crippen LogP contribution in [0.2, 0.25) is 0 Å². The average Bonchev–Trinajstić information content (AvgIpc) is 3.49. The second kappa shape index (κ2) is 10.2. The number of rotatable bonds is 8. The maximum Gasteiger partial charge on any atom is 0.350 e. The van der Waals surface area contributed by atoms with Crippen molar-refractivity contribution >= 4 is 45.5 Å². The summed E-state index contributed by atoms with van der Waals surface area (Å²) in [4.78, 5) is 49.9. The van der Waals surface area contributed by atoms with E-state index in [0.717, 1.165) is 17.8 Å². The lowest BCUT2D eigenvalue weighted by molar-refractivity contribution is -0.117. The third kappa shape index (κ3) is 4.51. The summed E-state index contributed by atoms with van der Waals surface area (Å²) in [7, 11) is 1.26. The molecule has 0 spiro atoms. The van der Waals surface area contributed by atoms with Crippen LogP contribution in [-0.4, -0.2) is 46.5 Å². The number of aliphatic hydroxyl groups excluding tert-OH is 1. The lowest BCUT2D eigenvalue weighted by Crippen LogP contribution is -2.31. The number of thiazole rings is 2. The molecule has 0 bridgehead atoms. The van der Waals surface area contributed by atoms with Gasteiger partial charge in [0, 0.05) is 0 Å². The Bertz CT molecular complexity index is 1390. The number of ether oxygens (including phenoxy) is 2. The van der Waals surface area contributed by atoms with Gasteiger partial charge in [-0.2, -0.15) is 0 Å². The van der Waals surface area contributed by atoms with E-state index in [2.05, 4.69) is 9.97 Å². The molecule has 188 valence electrons. The van der Waals surface area contributed by atoms with Gasteiger partial charge in [0.1, 0.15) is 10.6 Å². The molecule has 1 amide bonds. The lowest BCUT2D eigenvalue weighted by Gasteiger charge is -2.24. The van der Waals surface area contributed by atoms with E-state index >= 15 is 0 Å². The predicted octanol–water partition coefficient (Wildman–Crippen LogP) is 4.88. The number of benzene rings is 1. The zero-order valence-corrected chi connectivity index (χ0v) is 22.1. The SMILES string of the molecule is CCCOc1cccc(C2C(C(=O)c3sc(C)nc3C)=C(O)C(=O)N2c2nc(C)c(C(=O)OC)s2)c1. The first-order valence-corrected chi connectivity index (χ1v) is 12.8. The van der Waals surface area contributed by atoms with Crippen LogP contribution < -0.4 is 9.64 Å². The summed E-state index contributed by atoms with van der Waals surface area (Å²) in [6.45, 7) is 7.61. The van der Waals surface area contributed by atoms with Crippen LogP contribution in [0.4, 0.5) is 5.13 Å². The Kier molecular flexibility index (Phi) is 7.23. The van der Waals surface area contributed by atoms with Gasteiger partial charge in [0.05, 0.1) is 46.6 Å². The number of amides is 1. The van der Waals surface area contributed by atoms with Gasteiger partial charge in [0.25, 0.3) is 5.91 Å². The van der Waals surface area contributed by atoms with Crippen molar-refractivity contribution in [1.82, 2.24) is 9.97 Å². The van der Waals surface area contributed by atoms with E-state index in [1.807, 2.05) is 6.92 Å². The van der Waals surface area contributed by atoms with Crippen LogP contribution >= 0.6 is 22.7 Å². The van der Waals surface area contributed by atoms with Crippen molar-refractivity contribution in [3.63, 3.8) is 0 Å². The Hall–Kier alpha value is -3.57. The third-order valence-corrected chi connectivity index (χ3v) is 7.78. The molecule has 1 unspecified atom stereocenters. The number of aromatic nitrogens is 2. The van der Waals surface area contributed by atoms with Gasteiger partial charge < -0.3 is 14.6 Å². The molecule has 1 N–H and O–H groups in total. The van der Waals surface area contributed by atoms with E-state index in [9.17, 15) is 19.5 Å². The number of anilines is 1. The highest BCUT2D eigenvalue weighted by atomic mass is 32.1. The molecule has 0 fully saturated rings. The lowest BCUT2D eigenvalue weighted by atomic mass is 9.95. The van der Waals surface area contributed by atoms with Crippen LogP contribution in [0.3, 0.4) is 0 Å². The molecule has 4 rings (SSSR count). The van der Waals surface area contributed by atoms with E-state index < -0.39 is 29.5 Å². The van der Waals surface area contributed by atoms with Crippen molar-refractivity contribution in [2.45, 2.75) is 40.2 Å². The van der Waals surface area contributed by atoms with Gasteiger partial charge in [-0.3, -0.25) is 14.5 Å². The van der Waals surface area contributed by atoms with Gasteiger partial charge in [-0.15, -0.1) is 11.3 Å². The molecule has 0 saturated carbocycles. The second-order valence-corrected chi connectivity index (χ2v) is 10.3. The monoisotopic (exact) mass is 527 g/mol. The number of carbonyl (C=O) groups is 3. The largest absolute Gasteiger partial charge is 0.503 e. The van der Waals surface area contributed by atoms with E-state index in [1.165, 1.54) is 23.3 Å². The fourth-order valence-corrected chi connectivity index (χ4v) is 5.86.